The van der Waals surface area contributed by atoms with Gasteiger partial charge in [0.2, 0.25) is 5.91 Å². The topological polar surface area (TPSA) is 72.3 Å². The van der Waals surface area contributed by atoms with E-state index >= 15 is 0 Å². The van der Waals surface area contributed by atoms with E-state index < -0.39 is 5.91 Å². The summed E-state index contributed by atoms with van der Waals surface area (Å²) in [5.74, 6) is -0.740. The van der Waals surface area contributed by atoms with Crippen molar-refractivity contribution in [3.05, 3.63) is 29.6 Å². The van der Waals surface area contributed by atoms with Gasteiger partial charge < -0.3 is 11.5 Å². The van der Waals surface area contributed by atoms with Crippen LogP contribution in [0, 0.1) is 5.82 Å². The summed E-state index contributed by atoms with van der Waals surface area (Å²) in [6.07, 6.45) is 0. The molecule has 5 heteroatoms. The summed E-state index contributed by atoms with van der Waals surface area (Å²) in [5, 5.41) is 0. The monoisotopic (exact) mass is 225 g/mol. The predicted octanol–water partition coefficient (Wildman–Crippen LogP) is 0.715. The fraction of sp³-hybridized carbons (Fsp3) is 0.364. The van der Waals surface area contributed by atoms with E-state index in [9.17, 15) is 9.18 Å². The number of anilines is 1. The van der Waals surface area contributed by atoms with Crippen LogP contribution in [0.2, 0.25) is 0 Å². The number of nitrogens with zero attached hydrogens (tertiary/aromatic N) is 1. The Balaban J connectivity index is 2.77. The van der Waals surface area contributed by atoms with E-state index in [1.165, 1.54) is 18.2 Å². The first-order valence-corrected chi connectivity index (χ1v) is 5.07. The Hall–Kier alpha value is -1.62. The van der Waals surface area contributed by atoms with Crippen LogP contribution in [0.3, 0.4) is 0 Å². The number of amides is 1. The van der Waals surface area contributed by atoms with Crippen LogP contribution in [0.5, 0.6) is 0 Å². The fourth-order valence-electron chi connectivity index (χ4n) is 1.45. The average Bonchev–Trinajstić information content (AvgIpc) is 2.21. The zero-order valence-electron chi connectivity index (χ0n) is 9.24. The minimum atomic E-state index is -0.406. The van der Waals surface area contributed by atoms with E-state index in [2.05, 4.69) is 0 Å². The first kappa shape index (κ1) is 12.4. The van der Waals surface area contributed by atoms with Crippen LogP contribution in [0.15, 0.2) is 18.2 Å². The Bertz CT molecular complexity index is 381. The lowest BCUT2D eigenvalue weighted by Crippen LogP contribution is -2.33. The molecule has 0 radical (unpaired) electrons. The van der Waals surface area contributed by atoms with Crippen molar-refractivity contribution in [2.75, 3.05) is 18.8 Å². The highest BCUT2D eigenvalue weighted by atomic mass is 19.1. The average molecular weight is 225 g/mol. The van der Waals surface area contributed by atoms with Gasteiger partial charge in [0.25, 0.3) is 0 Å². The van der Waals surface area contributed by atoms with E-state index in [0.717, 1.165) is 0 Å². The summed E-state index contributed by atoms with van der Waals surface area (Å²) < 4.78 is 13.0. The molecule has 0 heterocycles. The number of rotatable bonds is 5. The van der Waals surface area contributed by atoms with Gasteiger partial charge in [-0.1, -0.05) is 6.92 Å². The Labute approximate surface area is 94.0 Å². The number of halogens is 1. The molecule has 0 aliphatic rings. The van der Waals surface area contributed by atoms with Crippen LogP contribution < -0.4 is 11.5 Å². The van der Waals surface area contributed by atoms with Crippen molar-refractivity contribution < 1.29 is 9.18 Å². The van der Waals surface area contributed by atoms with Gasteiger partial charge in [-0.15, -0.1) is 0 Å². The van der Waals surface area contributed by atoms with Crippen LogP contribution in [-0.2, 0) is 11.3 Å². The number of hydrogen-bond donors (Lipinski definition) is 2. The molecular formula is C11H16FN3O. The first-order chi connectivity index (χ1) is 7.52. The van der Waals surface area contributed by atoms with Gasteiger partial charge >= 0.3 is 0 Å². The maximum Gasteiger partial charge on any atom is 0.231 e. The lowest BCUT2D eigenvalue weighted by Gasteiger charge is -2.19. The number of likely N-dealkylation sites (N-methyl/N-ethyl adjacent to an activating group) is 1. The quantitative estimate of drug-likeness (QED) is 0.725. The molecule has 0 aliphatic heterocycles. The Morgan fingerprint density at radius 1 is 1.50 bits per heavy atom. The van der Waals surface area contributed by atoms with Crippen LogP contribution in [0.4, 0.5) is 10.1 Å². The number of nitrogen functional groups attached to an aromatic ring is 1. The molecule has 0 saturated carbocycles. The summed E-state index contributed by atoms with van der Waals surface area (Å²) in [6.45, 7) is 3.12. The normalized spacial score (nSPS) is 10.7. The highest BCUT2D eigenvalue weighted by Gasteiger charge is 2.09. The summed E-state index contributed by atoms with van der Waals surface area (Å²) in [7, 11) is 0. The molecule has 88 valence electrons. The van der Waals surface area contributed by atoms with Gasteiger partial charge in [-0.25, -0.2) is 4.39 Å². The number of carbonyl (C=O) groups excluding carboxylic acids is 1. The number of benzene rings is 1. The number of carbonyl (C=O) groups is 1. The Morgan fingerprint density at radius 2 is 2.19 bits per heavy atom. The number of hydrogen-bond acceptors (Lipinski definition) is 3. The minimum Gasteiger partial charge on any atom is -0.398 e. The number of primary amides is 1. The molecule has 4 nitrogen and oxygen atoms in total. The van der Waals surface area contributed by atoms with Crippen molar-refractivity contribution in [1.29, 1.82) is 0 Å². The van der Waals surface area contributed by atoms with Crippen molar-refractivity contribution in [1.82, 2.24) is 4.90 Å². The third-order valence-corrected chi connectivity index (χ3v) is 2.33. The molecule has 4 N–H and O–H groups in total. The van der Waals surface area contributed by atoms with Gasteiger partial charge in [-0.3, -0.25) is 9.69 Å². The second kappa shape index (κ2) is 5.46. The lowest BCUT2D eigenvalue weighted by molar-refractivity contribution is -0.119. The Kier molecular flexibility index (Phi) is 4.25. The zero-order chi connectivity index (χ0) is 12.1. The maximum absolute atomic E-state index is 13.0. The third-order valence-electron chi connectivity index (χ3n) is 2.33. The van der Waals surface area contributed by atoms with Crippen molar-refractivity contribution in [3.8, 4) is 0 Å². The second-order valence-corrected chi connectivity index (χ2v) is 3.61. The van der Waals surface area contributed by atoms with E-state index in [1.54, 1.807) is 4.90 Å². The lowest BCUT2D eigenvalue weighted by atomic mass is 10.1. The van der Waals surface area contributed by atoms with E-state index in [1.807, 2.05) is 6.92 Å². The Morgan fingerprint density at radius 3 is 2.75 bits per heavy atom. The maximum atomic E-state index is 13.0. The third kappa shape index (κ3) is 3.51. The molecule has 16 heavy (non-hydrogen) atoms. The van der Waals surface area contributed by atoms with Crippen LogP contribution in [0.1, 0.15) is 12.5 Å². The fourth-order valence-corrected chi connectivity index (χ4v) is 1.45. The predicted molar refractivity (Wildman–Crippen MR) is 61.0 cm³/mol. The standard InChI is InChI=1S/C11H16FN3O/c1-2-15(7-11(14)16)6-8-5-9(12)3-4-10(8)13/h3-5H,2,6-7,13H2,1H3,(H2,14,16). The molecule has 0 spiro atoms. The van der Waals surface area contributed by atoms with E-state index in [0.29, 0.717) is 24.3 Å². The largest absolute Gasteiger partial charge is 0.398 e. The van der Waals surface area contributed by atoms with E-state index in [-0.39, 0.29) is 12.4 Å². The minimum absolute atomic E-state index is 0.145. The van der Waals surface area contributed by atoms with Gasteiger partial charge in [-0.2, -0.15) is 0 Å². The van der Waals surface area contributed by atoms with Gasteiger partial charge in [0.05, 0.1) is 6.54 Å². The molecule has 0 aliphatic carbocycles. The highest BCUT2D eigenvalue weighted by Crippen LogP contribution is 2.15. The summed E-state index contributed by atoms with van der Waals surface area (Å²) in [6, 6.07) is 4.20. The zero-order valence-corrected chi connectivity index (χ0v) is 9.24. The van der Waals surface area contributed by atoms with Crippen molar-refractivity contribution in [3.63, 3.8) is 0 Å². The molecular weight excluding hydrogens is 209 g/mol. The summed E-state index contributed by atoms with van der Waals surface area (Å²) >= 11 is 0. The molecule has 1 aromatic rings. The smallest absolute Gasteiger partial charge is 0.231 e. The molecule has 0 bridgehead atoms. The van der Waals surface area contributed by atoms with Gasteiger partial charge in [0, 0.05) is 12.2 Å². The molecule has 1 rings (SSSR count). The summed E-state index contributed by atoms with van der Waals surface area (Å²) in [5.41, 5.74) is 12.0. The summed E-state index contributed by atoms with van der Waals surface area (Å²) in [4.78, 5) is 12.6. The van der Waals surface area contributed by atoms with Gasteiger partial charge in [0.1, 0.15) is 5.82 Å². The molecule has 0 fully saturated rings. The molecule has 1 amide bonds. The van der Waals surface area contributed by atoms with Gasteiger partial charge in [0.15, 0.2) is 0 Å². The van der Waals surface area contributed by atoms with Gasteiger partial charge in [-0.05, 0) is 30.3 Å². The van der Waals surface area contributed by atoms with Crippen molar-refractivity contribution in [2.45, 2.75) is 13.5 Å². The first-order valence-electron chi connectivity index (χ1n) is 5.07. The van der Waals surface area contributed by atoms with E-state index in [4.69, 9.17) is 11.5 Å². The molecule has 0 atom stereocenters. The van der Waals surface area contributed by atoms with Crippen LogP contribution in [-0.4, -0.2) is 23.9 Å². The SMILES string of the molecule is CCN(CC(N)=O)Cc1cc(F)ccc1N. The van der Waals surface area contributed by atoms with Crippen molar-refractivity contribution >= 4 is 11.6 Å². The highest BCUT2D eigenvalue weighted by molar-refractivity contribution is 5.75. The van der Waals surface area contributed by atoms with Crippen LogP contribution in [0.25, 0.3) is 0 Å². The molecule has 0 aromatic heterocycles. The number of nitrogens with two attached hydrogens (primary N) is 2. The second-order valence-electron chi connectivity index (χ2n) is 3.61. The van der Waals surface area contributed by atoms with Crippen molar-refractivity contribution in [2.24, 2.45) is 5.73 Å². The molecule has 1 aromatic carbocycles. The van der Waals surface area contributed by atoms with Crippen LogP contribution >= 0.6 is 0 Å². The molecule has 0 unspecified atom stereocenters. The molecule has 0 saturated heterocycles.